The Labute approximate surface area is 120 Å². The van der Waals surface area contributed by atoms with E-state index in [1.165, 1.54) is 0 Å². The van der Waals surface area contributed by atoms with Gasteiger partial charge in [-0.15, -0.1) is 0 Å². The molecule has 5 heteroatoms. The maximum Gasteiger partial charge on any atom is 0.232 e. The molecule has 0 radical (unpaired) electrons. The molecule has 1 rings (SSSR count). The number of nitrogens with two attached hydrogens (primary N) is 1. The van der Waals surface area contributed by atoms with E-state index in [9.17, 15) is 4.79 Å². The van der Waals surface area contributed by atoms with E-state index < -0.39 is 0 Å². The van der Waals surface area contributed by atoms with Crippen LogP contribution in [0.15, 0.2) is 24.4 Å². The predicted molar refractivity (Wildman–Crippen MR) is 80.8 cm³/mol. The van der Waals surface area contributed by atoms with Crippen LogP contribution in [0.5, 0.6) is 0 Å². The zero-order valence-corrected chi connectivity index (χ0v) is 12.3. The highest BCUT2D eigenvalue weighted by atomic mass is 32.1. The van der Waals surface area contributed by atoms with Gasteiger partial charge in [-0.3, -0.25) is 9.78 Å². The Morgan fingerprint density at radius 3 is 2.79 bits per heavy atom. The Balaban J connectivity index is 2.54. The lowest BCUT2D eigenvalue weighted by Gasteiger charge is -2.22. The average Bonchev–Trinajstić information content (AvgIpc) is 2.42. The van der Waals surface area contributed by atoms with Crippen molar-refractivity contribution < 1.29 is 4.79 Å². The first kappa shape index (κ1) is 15.6. The third-order valence-corrected chi connectivity index (χ3v) is 3.31. The first-order valence-electron chi connectivity index (χ1n) is 6.50. The smallest absolute Gasteiger partial charge is 0.232 e. The number of pyridine rings is 1. The third kappa shape index (κ3) is 4.95. The molecule has 1 heterocycles. The van der Waals surface area contributed by atoms with E-state index in [1.54, 1.807) is 18.1 Å². The van der Waals surface area contributed by atoms with Gasteiger partial charge in [0.2, 0.25) is 5.91 Å². The Kier molecular flexibility index (Phi) is 6.42. The largest absolute Gasteiger partial charge is 0.393 e. The summed E-state index contributed by atoms with van der Waals surface area (Å²) in [6.07, 6.45) is 4.09. The Morgan fingerprint density at radius 1 is 1.53 bits per heavy atom. The molecule has 0 aliphatic rings. The van der Waals surface area contributed by atoms with Crippen molar-refractivity contribution in [2.45, 2.75) is 26.2 Å². The summed E-state index contributed by atoms with van der Waals surface area (Å²) in [6, 6.07) is 5.77. The van der Waals surface area contributed by atoms with Crippen molar-refractivity contribution >= 4 is 23.1 Å². The molecule has 19 heavy (non-hydrogen) atoms. The minimum Gasteiger partial charge on any atom is -0.393 e. The van der Waals surface area contributed by atoms with Crippen LogP contribution in [0.4, 0.5) is 0 Å². The van der Waals surface area contributed by atoms with Gasteiger partial charge in [0, 0.05) is 31.9 Å². The quantitative estimate of drug-likeness (QED) is 0.773. The lowest BCUT2D eigenvalue weighted by Crippen LogP contribution is -2.40. The molecule has 2 N–H and O–H groups in total. The number of carbonyl (C=O) groups excluding carboxylic acids is 1. The highest BCUT2D eigenvalue weighted by Crippen LogP contribution is 2.11. The summed E-state index contributed by atoms with van der Waals surface area (Å²) in [5, 5.41) is 0. The van der Waals surface area contributed by atoms with Gasteiger partial charge in [0.1, 0.15) is 0 Å². The van der Waals surface area contributed by atoms with Crippen LogP contribution in [-0.2, 0) is 11.2 Å². The first-order chi connectivity index (χ1) is 9.06. The molecule has 0 aliphatic carbocycles. The van der Waals surface area contributed by atoms with Crippen molar-refractivity contribution in [3.05, 3.63) is 30.1 Å². The number of amides is 1. The maximum absolute atomic E-state index is 12.2. The average molecular weight is 279 g/mol. The Morgan fingerprint density at radius 2 is 2.26 bits per heavy atom. The molecule has 0 aliphatic heterocycles. The minimum absolute atomic E-state index is 0.00489. The summed E-state index contributed by atoms with van der Waals surface area (Å²) in [6.45, 7) is 2.64. The van der Waals surface area contributed by atoms with Crippen molar-refractivity contribution in [3.63, 3.8) is 0 Å². The van der Waals surface area contributed by atoms with Crippen LogP contribution in [0, 0.1) is 5.92 Å². The van der Waals surface area contributed by atoms with Crippen LogP contribution in [0.25, 0.3) is 0 Å². The summed E-state index contributed by atoms with van der Waals surface area (Å²) < 4.78 is 0. The molecular formula is C14H21N3OS. The molecule has 0 spiro atoms. The van der Waals surface area contributed by atoms with E-state index in [4.69, 9.17) is 18.0 Å². The first-order valence-corrected chi connectivity index (χ1v) is 6.91. The second-order valence-corrected chi connectivity index (χ2v) is 5.05. The van der Waals surface area contributed by atoms with Crippen LogP contribution < -0.4 is 5.73 Å². The Hall–Kier alpha value is -1.49. The van der Waals surface area contributed by atoms with E-state index >= 15 is 0 Å². The summed E-state index contributed by atoms with van der Waals surface area (Å²) in [7, 11) is 1.78. The van der Waals surface area contributed by atoms with Crippen LogP contribution in [0.3, 0.4) is 0 Å². The zero-order chi connectivity index (χ0) is 14.3. The van der Waals surface area contributed by atoms with Crippen LogP contribution in [-0.4, -0.2) is 34.4 Å². The second kappa shape index (κ2) is 7.84. The lowest BCUT2D eigenvalue weighted by molar-refractivity contribution is -0.132. The molecule has 0 saturated carbocycles. The van der Waals surface area contributed by atoms with Crippen molar-refractivity contribution in [2.24, 2.45) is 11.7 Å². The SMILES string of the molecule is CCCC(C(=O)N(C)CCc1ccccn1)C(N)=S. The fourth-order valence-electron chi connectivity index (χ4n) is 1.88. The molecule has 1 amide bonds. The number of carbonyl (C=O) groups is 1. The number of nitrogens with zero attached hydrogens (tertiary/aromatic N) is 2. The lowest BCUT2D eigenvalue weighted by atomic mass is 10.0. The number of likely N-dealkylation sites (N-methyl/N-ethyl adjacent to an activating group) is 1. The van der Waals surface area contributed by atoms with Crippen molar-refractivity contribution in [2.75, 3.05) is 13.6 Å². The molecule has 0 fully saturated rings. The van der Waals surface area contributed by atoms with Gasteiger partial charge in [0.05, 0.1) is 10.9 Å². The number of hydrogen-bond donors (Lipinski definition) is 1. The number of aromatic nitrogens is 1. The van der Waals surface area contributed by atoms with Crippen LogP contribution in [0.2, 0.25) is 0 Å². The molecule has 1 aromatic heterocycles. The Bertz CT molecular complexity index is 422. The highest BCUT2D eigenvalue weighted by Gasteiger charge is 2.23. The highest BCUT2D eigenvalue weighted by molar-refractivity contribution is 7.80. The van der Waals surface area contributed by atoms with Gasteiger partial charge in [-0.1, -0.05) is 31.6 Å². The van der Waals surface area contributed by atoms with Gasteiger partial charge in [-0.05, 0) is 18.6 Å². The van der Waals surface area contributed by atoms with Crippen LogP contribution >= 0.6 is 12.2 Å². The molecule has 0 bridgehead atoms. The van der Waals surface area contributed by atoms with Gasteiger partial charge < -0.3 is 10.6 Å². The van der Waals surface area contributed by atoms with E-state index in [-0.39, 0.29) is 16.8 Å². The predicted octanol–water partition coefficient (Wildman–Crippen LogP) is 1.78. The maximum atomic E-state index is 12.2. The fourth-order valence-corrected chi connectivity index (χ4v) is 2.10. The monoisotopic (exact) mass is 279 g/mol. The summed E-state index contributed by atoms with van der Waals surface area (Å²) in [5.74, 6) is -0.334. The van der Waals surface area contributed by atoms with E-state index in [0.29, 0.717) is 13.0 Å². The standard InChI is InChI=1S/C14H21N3OS/c1-3-6-12(13(15)19)14(18)17(2)10-8-11-7-4-5-9-16-11/h4-5,7,9,12H,3,6,8,10H2,1-2H3,(H2,15,19). The van der Waals surface area contributed by atoms with Crippen molar-refractivity contribution in [3.8, 4) is 0 Å². The van der Waals surface area contributed by atoms with Crippen molar-refractivity contribution in [1.82, 2.24) is 9.88 Å². The summed E-state index contributed by atoms with van der Waals surface area (Å²) in [4.78, 5) is 18.4. The molecule has 104 valence electrons. The fraction of sp³-hybridized carbons (Fsp3) is 0.500. The molecule has 1 atom stereocenters. The number of thiocarbonyl (C=S) groups is 1. The van der Waals surface area contributed by atoms with Crippen molar-refractivity contribution in [1.29, 1.82) is 0 Å². The zero-order valence-electron chi connectivity index (χ0n) is 11.5. The molecular weight excluding hydrogens is 258 g/mol. The number of hydrogen-bond acceptors (Lipinski definition) is 3. The molecule has 0 aromatic carbocycles. The molecule has 1 aromatic rings. The van der Waals surface area contributed by atoms with Gasteiger partial charge in [-0.2, -0.15) is 0 Å². The summed E-state index contributed by atoms with van der Waals surface area (Å²) >= 11 is 4.97. The van der Waals surface area contributed by atoms with Gasteiger partial charge in [-0.25, -0.2) is 0 Å². The van der Waals surface area contributed by atoms with E-state index in [0.717, 1.165) is 18.5 Å². The van der Waals surface area contributed by atoms with Crippen LogP contribution in [0.1, 0.15) is 25.5 Å². The topological polar surface area (TPSA) is 59.2 Å². The third-order valence-electron chi connectivity index (χ3n) is 3.02. The normalized spacial score (nSPS) is 11.9. The molecule has 1 unspecified atom stereocenters. The molecule has 4 nitrogen and oxygen atoms in total. The van der Waals surface area contributed by atoms with Gasteiger partial charge >= 0.3 is 0 Å². The minimum atomic E-state index is -0.339. The van der Waals surface area contributed by atoms with Gasteiger partial charge in [0.15, 0.2) is 0 Å². The molecule has 0 saturated heterocycles. The van der Waals surface area contributed by atoms with Gasteiger partial charge in [0.25, 0.3) is 0 Å². The second-order valence-electron chi connectivity index (χ2n) is 4.57. The van der Waals surface area contributed by atoms with E-state index in [2.05, 4.69) is 4.98 Å². The van der Waals surface area contributed by atoms with E-state index in [1.807, 2.05) is 25.1 Å². The summed E-state index contributed by atoms with van der Waals surface area (Å²) in [5.41, 5.74) is 6.62. The number of rotatable bonds is 7.